The highest BCUT2D eigenvalue weighted by Crippen LogP contribution is 2.29. The molecule has 1 aromatic heterocycles. The Morgan fingerprint density at radius 2 is 1.81 bits per heavy atom. The molecule has 2 N–H and O–H groups in total. The lowest BCUT2D eigenvalue weighted by atomic mass is 10.1. The number of nitrogens with one attached hydrogen (secondary N) is 1. The number of aliphatic hydroxyl groups excluding tert-OH is 1. The van der Waals surface area contributed by atoms with Crippen molar-refractivity contribution in [1.29, 1.82) is 5.26 Å². The molecule has 0 saturated heterocycles. The lowest BCUT2D eigenvalue weighted by Gasteiger charge is -2.12. The molecule has 1 heterocycles. The van der Waals surface area contributed by atoms with Gasteiger partial charge in [0.05, 0.1) is 24.8 Å². The summed E-state index contributed by atoms with van der Waals surface area (Å²) in [4.78, 5) is 8.63. The average Bonchev–Trinajstić information content (AvgIpc) is 2.77. The van der Waals surface area contributed by atoms with Gasteiger partial charge in [0.15, 0.2) is 0 Å². The van der Waals surface area contributed by atoms with Crippen LogP contribution in [0.4, 0.5) is 11.6 Å². The highest BCUT2D eigenvalue weighted by atomic mass is 16.5. The Morgan fingerprint density at radius 1 is 1.06 bits per heavy atom. The second-order valence-corrected chi connectivity index (χ2v) is 6.65. The van der Waals surface area contributed by atoms with E-state index in [1.807, 2.05) is 26.0 Å². The summed E-state index contributed by atoms with van der Waals surface area (Å²) in [6.07, 6.45) is 1.62. The number of nitriles is 1. The summed E-state index contributed by atoms with van der Waals surface area (Å²) in [6.45, 7) is 4.44. The molecule has 0 saturated carbocycles. The summed E-state index contributed by atoms with van der Waals surface area (Å²) in [7, 11) is 0. The molecular formula is C24H22N4O3. The average molecular weight is 414 g/mol. The van der Waals surface area contributed by atoms with Crippen molar-refractivity contribution in [1.82, 2.24) is 9.97 Å². The number of nitrogens with zero attached hydrogens (tertiary/aromatic N) is 3. The summed E-state index contributed by atoms with van der Waals surface area (Å²) in [6, 6.07) is 14.7. The number of aliphatic hydroxyl groups is 1. The molecule has 7 heteroatoms. The Morgan fingerprint density at radius 3 is 2.48 bits per heavy atom. The van der Waals surface area contributed by atoms with Gasteiger partial charge < -0.3 is 19.9 Å². The summed E-state index contributed by atoms with van der Waals surface area (Å²) in [5.41, 5.74) is 4.08. The van der Waals surface area contributed by atoms with E-state index in [2.05, 4.69) is 33.2 Å². The second kappa shape index (κ2) is 10.7. The second-order valence-electron chi connectivity index (χ2n) is 6.65. The van der Waals surface area contributed by atoms with Gasteiger partial charge in [0.2, 0.25) is 11.8 Å². The van der Waals surface area contributed by atoms with Gasteiger partial charge in [-0.1, -0.05) is 11.8 Å². The fourth-order valence-corrected chi connectivity index (χ4v) is 2.83. The zero-order valence-electron chi connectivity index (χ0n) is 17.3. The minimum absolute atomic E-state index is 0.0142. The Kier molecular flexibility index (Phi) is 7.56. The monoisotopic (exact) mass is 414 g/mol. The lowest BCUT2D eigenvalue weighted by molar-refractivity contribution is 0.115. The van der Waals surface area contributed by atoms with Crippen LogP contribution in [0.2, 0.25) is 0 Å². The molecule has 0 spiro atoms. The largest absolute Gasteiger partial charge is 0.438 e. The maximum absolute atomic E-state index is 8.90. The van der Waals surface area contributed by atoms with Crippen LogP contribution in [0.15, 0.2) is 48.7 Å². The van der Waals surface area contributed by atoms with Crippen molar-refractivity contribution in [3.63, 3.8) is 0 Å². The molecule has 0 radical (unpaired) electrons. The molecule has 156 valence electrons. The van der Waals surface area contributed by atoms with E-state index < -0.39 is 0 Å². The molecule has 0 aliphatic heterocycles. The van der Waals surface area contributed by atoms with Crippen LogP contribution >= 0.6 is 0 Å². The van der Waals surface area contributed by atoms with Crippen molar-refractivity contribution in [2.75, 3.05) is 25.1 Å². The van der Waals surface area contributed by atoms with Gasteiger partial charge in [0.25, 0.3) is 0 Å². The van der Waals surface area contributed by atoms with Crippen molar-refractivity contribution < 1.29 is 14.6 Å². The first kappa shape index (κ1) is 21.8. The molecule has 3 aromatic rings. The summed E-state index contributed by atoms with van der Waals surface area (Å²) >= 11 is 0. The van der Waals surface area contributed by atoms with Crippen LogP contribution in [0.25, 0.3) is 0 Å². The van der Waals surface area contributed by atoms with Crippen LogP contribution < -0.4 is 10.1 Å². The quantitative estimate of drug-likeness (QED) is 0.447. The van der Waals surface area contributed by atoms with Gasteiger partial charge >= 0.3 is 0 Å². The van der Waals surface area contributed by atoms with Gasteiger partial charge in [-0.2, -0.15) is 10.2 Å². The molecule has 0 bridgehead atoms. The molecule has 0 aliphatic rings. The fourth-order valence-electron chi connectivity index (χ4n) is 2.83. The van der Waals surface area contributed by atoms with E-state index in [1.54, 1.807) is 36.5 Å². The highest BCUT2D eigenvalue weighted by molar-refractivity contribution is 5.55. The smallest absolute Gasteiger partial charge is 0.230 e. The van der Waals surface area contributed by atoms with Crippen molar-refractivity contribution in [2.45, 2.75) is 13.8 Å². The van der Waals surface area contributed by atoms with E-state index in [-0.39, 0.29) is 19.8 Å². The van der Waals surface area contributed by atoms with E-state index in [1.165, 1.54) is 0 Å². The molecule has 7 nitrogen and oxygen atoms in total. The minimum atomic E-state index is -0.0142. The third kappa shape index (κ3) is 6.28. The molecular weight excluding hydrogens is 392 g/mol. The molecule has 0 fully saturated rings. The molecule has 3 rings (SSSR count). The number of benzene rings is 2. The number of hydrogen-bond donors (Lipinski definition) is 2. The number of rotatable bonds is 7. The zero-order chi connectivity index (χ0) is 22.1. The van der Waals surface area contributed by atoms with Crippen LogP contribution in [0.3, 0.4) is 0 Å². The maximum atomic E-state index is 8.90. The lowest BCUT2D eigenvalue weighted by Crippen LogP contribution is -2.00. The van der Waals surface area contributed by atoms with Crippen molar-refractivity contribution in [2.24, 2.45) is 0 Å². The minimum Gasteiger partial charge on any atom is -0.438 e. The number of ether oxygens (including phenoxy) is 2. The topological polar surface area (TPSA) is 100 Å². The first-order valence-electron chi connectivity index (χ1n) is 9.66. The molecule has 0 unspecified atom stereocenters. The van der Waals surface area contributed by atoms with Gasteiger partial charge in [-0.3, -0.25) is 0 Å². The van der Waals surface area contributed by atoms with E-state index >= 15 is 0 Å². The molecule has 2 aromatic carbocycles. The Labute approximate surface area is 181 Å². The predicted molar refractivity (Wildman–Crippen MR) is 117 cm³/mol. The van der Waals surface area contributed by atoms with Crippen LogP contribution in [-0.2, 0) is 4.74 Å². The van der Waals surface area contributed by atoms with Crippen molar-refractivity contribution in [3.8, 4) is 29.5 Å². The van der Waals surface area contributed by atoms with E-state index in [0.29, 0.717) is 23.1 Å². The first-order valence-corrected chi connectivity index (χ1v) is 9.66. The van der Waals surface area contributed by atoms with Crippen LogP contribution in [0.1, 0.15) is 22.3 Å². The number of aromatic nitrogens is 2. The van der Waals surface area contributed by atoms with Crippen molar-refractivity contribution in [3.05, 3.63) is 70.9 Å². The number of anilines is 2. The molecule has 0 atom stereocenters. The predicted octanol–water partition coefficient (Wildman–Crippen LogP) is 3.86. The van der Waals surface area contributed by atoms with Crippen molar-refractivity contribution >= 4 is 11.6 Å². The number of aryl methyl sites for hydroxylation is 2. The Balaban J connectivity index is 1.71. The molecule has 31 heavy (non-hydrogen) atoms. The first-order chi connectivity index (χ1) is 15.1. The Hall–Kier alpha value is -3.91. The van der Waals surface area contributed by atoms with Gasteiger partial charge in [-0.05, 0) is 61.4 Å². The van der Waals surface area contributed by atoms with Crippen LogP contribution in [-0.4, -0.2) is 34.9 Å². The van der Waals surface area contributed by atoms with Gasteiger partial charge in [0.1, 0.15) is 12.4 Å². The summed E-state index contributed by atoms with van der Waals surface area (Å²) in [5, 5.41) is 20.7. The third-order valence-corrected chi connectivity index (χ3v) is 4.21. The SMILES string of the molecule is Cc1cc(C#CCOCCO)cc(C)c1Oc1ccnc(Nc2ccc(C#N)cc2)n1. The van der Waals surface area contributed by atoms with Crippen LogP contribution in [0.5, 0.6) is 11.6 Å². The normalized spacial score (nSPS) is 10.0. The molecule has 0 amide bonds. The van der Waals surface area contributed by atoms with E-state index in [9.17, 15) is 0 Å². The van der Waals surface area contributed by atoms with Gasteiger partial charge in [0, 0.05) is 23.5 Å². The Bertz CT molecular complexity index is 1120. The zero-order valence-corrected chi connectivity index (χ0v) is 17.3. The molecule has 0 aliphatic carbocycles. The number of hydrogen-bond acceptors (Lipinski definition) is 7. The standard InChI is InChI=1S/C24H22N4O3/c1-17-14-20(4-3-12-30-13-11-29)15-18(2)23(17)31-22-9-10-26-24(28-22)27-21-7-5-19(16-25)6-8-21/h5-10,14-15,29H,11-13H2,1-2H3,(H,26,27,28). The van der Waals surface area contributed by atoms with E-state index in [4.69, 9.17) is 19.8 Å². The highest BCUT2D eigenvalue weighted by Gasteiger charge is 2.09. The summed E-state index contributed by atoms with van der Waals surface area (Å²) < 4.78 is 11.2. The summed E-state index contributed by atoms with van der Waals surface area (Å²) in [5.74, 6) is 7.50. The van der Waals surface area contributed by atoms with E-state index in [0.717, 1.165) is 22.4 Å². The fraction of sp³-hybridized carbons (Fsp3) is 0.208. The van der Waals surface area contributed by atoms with Crippen LogP contribution in [0, 0.1) is 37.0 Å². The third-order valence-electron chi connectivity index (χ3n) is 4.21. The maximum Gasteiger partial charge on any atom is 0.230 e. The van der Waals surface area contributed by atoms with Gasteiger partial charge in [-0.25, -0.2) is 4.98 Å². The van der Waals surface area contributed by atoms with Gasteiger partial charge in [-0.15, -0.1) is 0 Å².